The molecule has 0 bridgehead atoms. The van der Waals surface area contributed by atoms with Gasteiger partial charge >= 0.3 is 6.03 Å². The molecular weight excluding hydrogens is 320 g/mol. The highest BCUT2D eigenvalue weighted by atomic mass is 16.5. The number of methoxy groups -OCH3 is 3. The molecule has 1 heterocycles. The number of piperidine rings is 1. The van der Waals surface area contributed by atoms with Crippen LogP contribution in [0.15, 0.2) is 18.2 Å². The molecule has 1 spiro atoms. The minimum atomic E-state index is -0.0904. The van der Waals surface area contributed by atoms with Gasteiger partial charge in [-0.05, 0) is 37.8 Å². The summed E-state index contributed by atoms with van der Waals surface area (Å²) in [4.78, 5) is 14.8. The van der Waals surface area contributed by atoms with Crippen molar-refractivity contribution < 1.29 is 19.0 Å². The summed E-state index contributed by atoms with van der Waals surface area (Å²) in [6.45, 7) is 1.53. The van der Waals surface area contributed by atoms with Crippen LogP contribution in [-0.4, -0.2) is 51.5 Å². The lowest BCUT2D eigenvalue weighted by Crippen LogP contribution is -2.51. The highest BCUT2D eigenvalue weighted by Crippen LogP contribution is 2.46. The number of ether oxygens (including phenoxy) is 3. The lowest BCUT2D eigenvalue weighted by Gasteiger charge is -2.43. The SMILES string of the molecule is COc1ccc(OC)c(NC(=O)N2CCC[C@@]3(CCC[C@H]3OC)C2)c1. The van der Waals surface area contributed by atoms with E-state index in [2.05, 4.69) is 5.32 Å². The highest BCUT2D eigenvalue weighted by Gasteiger charge is 2.46. The predicted molar refractivity (Wildman–Crippen MR) is 96.5 cm³/mol. The first-order valence-corrected chi connectivity index (χ1v) is 8.92. The van der Waals surface area contributed by atoms with Crippen LogP contribution in [0.25, 0.3) is 0 Å². The number of likely N-dealkylation sites (tertiary alicyclic amines) is 1. The molecule has 0 unspecified atom stereocenters. The molecule has 25 heavy (non-hydrogen) atoms. The van der Waals surface area contributed by atoms with Gasteiger partial charge in [-0.25, -0.2) is 4.79 Å². The van der Waals surface area contributed by atoms with Crippen molar-refractivity contribution in [3.63, 3.8) is 0 Å². The van der Waals surface area contributed by atoms with E-state index in [0.717, 1.165) is 38.8 Å². The Hall–Kier alpha value is -1.95. The molecule has 3 rings (SSSR count). The predicted octanol–water partition coefficient (Wildman–Crippen LogP) is 3.52. The van der Waals surface area contributed by atoms with Crippen LogP contribution in [0, 0.1) is 5.41 Å². The molecule has 0 aromatic heterocycles. The van der Waals surface area contributed by atoms with Crippen molar-refractivity contribution in [3.05, 3.63) is 18.2 Å². The average molecular weight is 348 g/mol. The van der Waals surface area contributed by atoms with E-state index in [1.165, 1.54) is 6.42 Å². The first-order valence-electron chi connectivity index (χ1n) is 8.92. The number of carbonyl (C=O) groups excluding carboxylic acids is 1. The van der Waals surface area contributed by atoms with Crippen LogP contribution in [0.5, 0.6) is 11.5 Å². The average Bonchev–Trinajstić information content (AvgIpc) is 3.03. The van der Waals surface area contributed by atoms with Gasteiger partial charge in [0.05, 0.1) is 26.0 Å². The van der Waals surface area contributed by atoms with E-state index < -0.39 is 0 Å². The Balaban J connectivity index is 1.73. The zero-order chi connectivity index (χ0) is 17.9. The van der Waals surface area contributed by atoms with Gasteiger partial charge in [-0.3, -0.25) is 0 Å². The molecule has 0 radical (unpaired) electrons. The molecule has 138 valence electrons. The first-order chi connectivity index (χ1) is 12.1. The Morgan fingerprint density at radius 2 is 2.00 bits per heavy atom. The summed E-state index contributed by atoms with van der Waals surface area (Å²) < 4.78 is 16.3. The number of rotatable bonds is 4. The molecule has 1 aliphatic heterocycles. The molecule has 1 N–H and O–H groups in total. The van der Waals surface area contributed by atoms with Crippen LogP contribution in [0.1, 0.15) is 32.1 Å². The third-order valence-corrected chi connectivity index (χ3v) is 5.65. The number of carbonyl (C=O) groups is 1. The summed E-state index contributed by atoms with van der Waals surface area (Å²) in [5.74, 6) is 1.30. The number of amides is 2. The summed E-state index contributed by atoms with van der Waals surface area (Å²) >= 11 is 0. The molecule has 1 saturated carbocycles. The molecule has 6 nitrogen and oxygen atoms in total. The largest absolute Gasteiger partial charge is 0.497 e. The third-order valence-electron chi connectivity index (χ3n) is 5.65. The van der Waals surface area contributed by atoms with Crippen molar-refractivity contribution in [2.24, 2.45) is 5.41 Å². The molecule has 1 aromatic rings. The molecular formula is C19H28N2O4. The molecule has 2 aliphatic rings. The third kappa shape index (κ3) is 3.54. The van der Waals surface area contributed by atoms with Crippen molar-refractivity contribution in [1.29, 1.82) is 0 Å². The number of benzene rings is 1. The lowest BCUT2D eigenvalue weighted by molar-refractivity contribution is -0.0244. The Labute approximate surface area is 149 Å². The first kappa shape index (κ1) is 17.9. The van der Waals surface area contributed by atoms with Crippen molar-refractivity contribution in [2.45, 2.75) is 38.2 Å². The molecule has 1 saturated heterocycles. The van der Waals surface area contributed by atoms with Crippen LogP contribution in [0.3, 0.4) is 0 Å². The second-order valence-electron chi connectivity index (χ2n) is 7.00. The minimum absolute atomic E-state index is 0.0904. The van der Waals surface area contributed by atoms with E-state index in [-0.39, 0.29) is 17.6 Å². The van der Waals surface area contributed by atoms with E-state index in [4.69, 9.17) is 14.2 Å². The summed E-state index contributed by atoms with van der Waals surface area (Å²) in [5, 5.41) is 2.99. The van der Waals surface area contributed by atoms with Gasteiger partial charge in [-0.1, -0.05) is 6.42 Å². The molecule has 2 atom stereocenters. The maximum absolute atomic E-state index is 12.8. The quantitative estimate of drug-likeness (QED) is 0.904. The zero-order valence-corrected chi connectivity index (χ0v) is 15.3. The van der Waals surface area contributed by atoms with Crippen molar-refractivity contribution in [2.75, 3.05) is 39.7 Å². The number of nitrogens with one attached hydrogen (secondary N) is 1. The summed E-state index contributed by atoms with van der Waals surface area (Å²) in [6.07, 6.45) is 5.82. The number of nitrogens with zero attached hydrogens (tertiary/aromatic N) is 1. The van der Waals surface area contributed by atoms with Crippen molar-refractivity contribution in [1.82, 2.24) is 4.90 Å². The standard InChI is InChI=1S/C19H28N2O4/c1-23-14-7-8-16(24-2)15(12-14)20-18(22)21-11-5-10-19(13-21)9-4-6-17(19)25-3/h7-8,12,17H,4-6,9-11,13H2,1-3H3,(H,20,22)/t17-,19+/m1/s1. The topological polar surface area (TPSA) is 60.0 Å². The number of anilines is 1. The van der Waals surface area contributed by atoms with Crippen LogP contribution in [0.4, 0.5) is 10.5 Å². The van der Waals surface area contributed by atoms with Gasteiger partial charge in [0.25, 0.3) is 0 Å². The van der Waals surface area contributed by atoms with E-state index in [0.29, 0.717) is 17.2 Å². The summed E-state index contributed by atoms with van der Waals surface area (Å²) in [5.41, 5.74) is 0.740. The molecule has 1 aliphatic carbocycles. The normalized spacial score (nSPS) is 25.9. The van der Waals surface area contributed by atoms with E-state index >= 15 is 0 Å². The van der Waals surface area contributed by atoms with Crippen LogP contribution >= 0.6 is 0 Å². The monoisotopic (exact) mass is 348 g/mol. The molecule has 6 heteroatoms. The second kappa shape index (κ2) is 7.52. The molecule has 2 fully saturated rings. The second-order valence-corrected chi connectivity index (χ2v) is 7.00. The summed E-state index contributed by atoms with van der Waals surface area (Å²) in [6, 6.07) is 5.30. The Bertz CT molecular complexity index is 621. The molecule has 2 amide bonds. The van der Waals surface area contributed by atoms with E-state index in [9.17, 15) is 4.79 Å². The zero-order valence-electron chi connectivity index (χ0n) is 15.3. The Morgan fingerprint density at radius 3 is 2.72 bits per heavy atom. The highest BCUT2D eigenvalue weighted by molar-refractivity contribution is 5.91. The maximum Gasteiger partial charge on any atom is 0.321 e. The van der Waals surface area contributed by atoms with E-state index in [1.54, 1.807) is 33.5 Å². The minimum Gasteiger partial charge on any atom is -0.497 e. The van der Waals surface area contributed by atoms with Gasteiger partial charge in [0.1, 0.15) is 11.5 Å². The van der Waals surface area contributed by atoms with Gasteiger partial charge in [0, 0.05) is 31.7 Å². The van der Waals surface area contributed by atoms with Gasteiger partial charge in [0.15, 0.2) is 0 Å². The van der Waals surface area contributed by atoms with Crippen LogP contribution < -0.4 is 14.8 Å². The number of hydrogen-bond acceptors (Lipinski definition) is 4. The fourth-order valence-corrected chi connectivity index (χ4v) is 4.38. The Morgan fingerprint density at radius 1 is 1.20 bits per heavy atom. The van der Waals surface area contributed by atoms with Gasteiger partial charge in [0.2, 0.25) is 0 Å². The van der Waals surface area contributed by atoms with Gasteiger partial charge in [-0.2, -0.15) is 0 Å². The maximum atomic E-state index is 12.8. The lowest BCUT2D eigenvalue weighted by atomic mass is 9.76. The van der Waals surface area contributed by atoms with Gasteiger partial charge in [-0.15, -0.1) is 0 Å². The fourth-order valence-electron chi connectivity index (χ4n) is 4.38. The molecule has 1 aromatic carbocycles. The Kier molecular flexibility index (Phi) is 5.37. The number of hydrogen-bond donors (Lipinski definition) is 1. The smallest absolute Gasteiger partial charge is 0.321 e. The van der Waals surface area contributed by atoms with Crippen LogP contribution in [-0.2, 0) is 4.74 Å². The fraction of sp³-hybridized carbons (Fsp3) is 0.632. The van der Waals surface area contributed by atoms with Crippen molar-refractivity contribution in [3.8, 4) is 11.5 Å². The van der Waals surface area contributed by atoms with Crippen molar-refractivity contribution >= 4 is 11.7 Å². The van der Waals surface area contributed by atoms with E-state index in [1.807, 2.05) is 11.0 Å². The van der Waals surface area contributed by atoms with Gasteiger partial charge < -0.3 is 24.4 Å². The summed E-state index contributed by atoms with van der Waals surface area (Å²) in [7, 11) is 4.99. The number of urea groups is 1. The van der Waals surface area contributed by atoms with Crippen LogP contribution in [0.2, 0.25) is 0 Å².